The lowest BCUT2D eigenvalue weighted by Crippen LogP contribution is -2.56. The maximum Gasteiger partial charge on any atom is 0.326 e. The standard InChI is InChI=1S/C20H24N6O5/c21-14(6-12-8-22-10-24-12)18(28)26-17(9-27)19(29)25-16(20(30)31)5-11-7-23-15-4-2-1-3-13(11)15/h1-4,7-8,10,14,16-17,23,27H,5-6,9,21H2,(H,22,24)(H,25,29)(H,26,28)(H,30,31)/t14-,16-,17-/m0/s1. The smallest absolute Gasteiger partial charge is 0.326 e. The molecule has 0 aliphatic rings. The zero-order valence-corrected chi connectivity index (χ0v) is 16.5. The molecule has 0 aliphatic heterocycles. The minimum atomic E-state index is -1.34. The van der Waals surface area contributed by atoms with Gasteiger partial charge in [0.1, 0.15) is 12.1 Å². The molecule has 0 bridgehead atoms. The lowest BCUT2D eigenvalue weighted by atomic mass is 10.0. The number of aliphatic carboxylic acids is 1. The number of carboxylic acid groups (broad SMARTS) is 1. The van der Waals surface area contributed by atoms with E-state index in [0.717, 1.165) is 16.5 Å². The molecule has 1 aromatic carbocycles. The fraction of sp³-hybridized carbons (Fsp3) is 0.300. The third kappa shape index (κ3) is 5.47. The fourth-order valence-corrected chi connectivity index (χ4v) is 3.19. The molecular weight excluding hydrogens is 404 g/mol. The molecule has 3 atom stereocenters. The van der Waals surface area contributed by atoms with Gasteiger partial charge in [0, 0.05) is 41.8 Å². The van der Waals surface area contributed by atoms with Gasteiger partial charge in [-0.3, -0.25) is 9.59 Å². The topological polar surface area (TPSA) is 186 Å². The van der Waals surface area contributed by atoms with E-state index in [1.165, 1.54) is 12.5 Å². The Morgan fingerprint density at radius 3 is 2.48 bits per heavy atom. The van der Waals surface area contributed by atoms with Crippen molar-refractivity contribution >= 4 is 28.7 Å². The van der Waals surface area contributed by atoms with Crippen LogP contribution in [0.4, 0.5) is 0 Å². The van der Waals surface area contributed by atoms with E-state index in [2.05, 4.69) is 25.6 Å². The lowest BCUT2D eigenvalue weighted by Gasteiger charge is -2.21. The number of para-hydroxylation sites is 1. The number of imidazole rings is 1. The quantitative estimate of drug-likeness (QED) is 0.217. The van der Waals surface area contributed by atoms with Gasteiger partial charge in [0.15, 0.2) is 0 Å². The van der Waals surface area contributed by atoms with Crippen molar-refractivity contribution in [3.63, 3.8) is 0 Å². The highest BCUT2D eigenvalue weighted by Crippen LogP contribution is 2.19. The minimum Gasteiger partial charge on any atom is -0.480 e. The number of rotatable bonds is 10. The van der Waals surface area contributed by atoms with Crippen molar-refractivity contribution in [3.8, 4) is 0 Å². The normalized spacial score (nSPS) is 14.0. The number of carbonyl (C=O) groups is 3. The molecule has 0 spiro atoms. The summed E-state index contributed by atoms with van der Waals surface area (Å²) < 4.78 is 0. The first kappa shape index (κ1) is 22.0. The molecule has 2 heterocycles. The van der Waals surface area contributed by atoms with E-state index in [9.17, 15) is 24.6 Å². The van der Waals surface area contributed by atoms with Crippen LogP contribution in [0, 0.1) is 0 Å². The van der Waals surface area contributed by atoms with Gasteiger partial charge in [0.25, 0.3) is 0 Å². The van der Waals surface area contributed by atoms with Crippen LogP contribution in [0.5, 0.6) is 0 Å². The minimum absolute atomic E-state index is 0.0243. The fourth-order valence-electron chi connectivity index (χ4n) is 3.19. The second-order valence-corrected chi connectivity index (χ2v) is 7.09. The lowest BCUT2D eigenvalue weighted by molar-refractivity contribution is -0.142. The molecule has 2 aromatic heterocycles. The SMILES string of the molecule is N[C@@H](Cc1cnc[nH]1)C(=O)N[C@@H](CO)C(=O)N[C@@H](Cc1c[nH]c2ccccc12)C(=O)O. The molecule has 0 radical (unpaired) electrons. The Labute approximate surface area is 177 Å². The van der Waals surface area contributed by atoms with Crippen molar-refractivity contribution in [2.75, 3.05) is 6.61 Å². The van der Waals surface area contributed by atoms with Gasteiger partial charge in [-0.25, -0.2) is 9.78 Å². The van der Waals surface area contributed by atoms with Crippen LogP contribution < -0.4 is 16.4 Å². The van der Waals surface area contributed by atoms with Crippen molar-refractivity contribution in [1.82, 2.24) is 25.6 Å². The number of nitrogens with zero attached hydrogens (tertiary/aromatic N) is 1. The number of nitrogens with one attached hydrogen (secondary N) is 4. The number of H-pyrrole nitrogens is 2. The van der Waals surface area contributed by atoms with Crippen LogP contribution in [-0.4, -0.2) is 67.7 Å². The van der Waals surface area contributed by atoms with Gasteiger partial charge >= 0.3 is 5.97 Å². The highest BCUT2D eigenvalue weighted by molar-refractivity contribution is 5.92. The molecule has 31 heavy (non-hydrogen) atoms. The number of carboxylic acids is 1. The van der Waals surface area contributed by atoms with E-state index in [4.69, 9.17) is 5.73 Å². The van der Waals surface area contributed by atoms with Gasteiger partial charge in [-0.05, 0) is 11.6 Å². The van der Waals surface area contributed by atoms with Crippen molar-refractivity contribution in [1.29, 1.82) is 0 Å². The van der Waals surface area contributed by atoms with Crippen LogP contribution in [0.25, 0.3) is 10.9 Å². The molecule has 11 nitrogen and oxygen atoms in total. The number of aromatic amines is 2. The van der Waals surface area contributed by atoms with Crippen molar-refractivity contribution in [3.05, 3.63) is 54.2 Å². The van der Waals surface area contributed by atoms with Gasteiger partial charge in [-0.2, -0.15) is 0 Å². The largest absolute Gasteiger partial charge is 0.480 e. The third-order valence-corrected chi connectivity index (χ3v) is 4.86. The van der Waals surface area contributed by atoms with Gasteiger partial charge in [-0.15, -0.1) is 0 Å². The Morgan fingerprint density at radius 2 is 1.81 bits per heavy atom. The molecule has 3 rings (SSSR count). The van der Waals surface area contributed by atoms with Crippen LogP contribution in [0.15, 0.2) is 43.0 Å². The molecule has 164 valence electrons. The zero-order valence-electron chi connectivity index (χ0n) is 16.5. The summed E-state index contributed by atoms with van der Waals surface area (Å²) in [7, 11) is 0. The second-order valence-electron chi connectivity index (χ2n) is 7.09. The summed E-state index contributed by atoms with van der Waals surface area (Å²) in [5, 5.41) is 24.7. The van der Waals surface area contributed by atoms with E-state index >= 15 is 0 Å². The summed E-state index contributed by atoms with van der Waals surface area (Å²) in [5.74, 6) is -2.72. The van der Waals surface area contributed by atoms with E-state index in [1.54, 1.807) is 6.20 Å². The monoisotopic (exact) mass is 428 g/mol. The highest BCUT2D eigenvalue weighted by Gasteiger charge is 2.28. The number of benzene rings is 1. The zero-order chi connectivity index (χ0) is 22.4. The van der Waals surface area contributed by atoms with Crippen LogP contribution in [0.2, 0.25) is 0 Å². The van der Waals surface area contributed by atoms with Gasteiger partial charge < -0.3 is 36.5 Å². The van der Waals surface area contributed by atoms with E-state index in [-0.39, 0.29) is 12.8 Å². The van der Waals surface area contributed by atoms with Gasteiger partial charge in [-0.1, -0.05) is 18.2 Å². The van der Waals surface area contributed by atoms with Crippen LogP contribution in [0.3, 0.4) is 0 Å². The first-order valence-electron chi connectivity index (χ1n) is 9.61. The number of aliphatic hydroxyl groups is 1. The highest BCUT2D eigenvalue weighted by atomic mass is 16.4. The second kappa shape index (κ2) is 9.87. The number of aromatic nitrogens is 3. The number of carbonyl (C=O) groups excluding carboxylic acids is 2. The average molecular weight is 428 g/mol. The molecule has 0 saturated carbocycles. The van der Waals surface area contributed by atoms with Crippen molar-refractivity contribution < 1.29 is 24.6 Å². The number of amides is 2. The molecule has 0 fully saturated rings. The molecule has 3 aromatic rings. The Balaban J connectivity index is 1.62. The molecule has 8 N–H and O–H groups in total. The summed E-state index contributed by atoms with van der Waals surface area (Å²) in [6.07, 6.45) is 4.84. The first-order valence-corrected chi connectivity index (χ1v) is 9.61. The van der Waals surface area contributed by atoms with E-state index < -0.39 is 42.5 Å². The Bertz CT molecular complexity index is 1050. The summed E-state index contributed by atoms with van der Waals surface area (Å²) in [4.78, 5) is 46.2. The number of fused-ring (bicyclic) bond motifs is 1. The number of aliphatic hydroxyl groups excluding tert-OH is 1. The maximum atomic E-state index is 12.5. The number of hydrogen-bond donors (Lipinski definition) is 7. The summed E-state index contributed by atoms with van der Waals surface area (Å²) in [6, 6.07) is 3.81. The molecule has 0 unspecified atom stereocenters. The van der Waals surface area contributed by atoms with Crippen molar-refractivity contribution in [2.45, 2.75) is 31.0 Å². The molecule has 0 saturated heterocycles. The Morgan fingerprint density at radius 1 is 1.06 bits per heavy atom. The van der Waals surface area contributed by atoms with Crippen LogP contribution in [-0.2, 0) is 27.2 Å². The Kier molecular flexibility index (Phi) is 7.00. The molecule has 0 aliphatic carbocycles. The van der Waals surface area contributed by atoms with Crippen LogP contribution >= 0.6 is 0 Å². The van der Waals surface area contributed by atoms with E-state index in [1.807, 2.05) is 24.3 Å². The predicted octanol–water partition coefficient (Wildman–Crippen LogP) is -0.950. The molecule has 11 heteroatoms. The Hall–Kier alpha value is -3.70. The molecule has 2 amide bonds. The predicted molar refractivity (Wildman–Crippen MR) is 111 cm³/mol. The number of hydrogen-bond acceptors (Lipinski definition) is 6. The average Bonchev–Trinajstić information content (AvgIpc) is 3.41. The van der Waals surface area contributed by atoms with Gasteiger partial charge in [0.2, 0.25) is 11.8 Å². The summed E-state index contributed by atoms with van der Waals surface area (Å²) in [5.41, 5.74) is 8.03. The first-order chi connectivity index (χ1) is 14.9. The molecular formula is C20H24N6O5. The summed E-state index contributed by atoms with van der Waals surface area (Å²) >= 11 is 0. The third-order valence-electron chi connectivity index (χ3n) is 4.86. The maximum absolute atomic E-state index is 12.5. The van der Waals surface area contributed by atoms with Crippen molar-refractivity contribution in [2.24, 2.45) is 5.73 Å². The van der Waals surface area contributed by atoms with E-state index in [0.29, 0.717) is 5.69 Å². The number of nitrogens with two attached hydrogens (primary N) is 1. The van der Waals surface area contributed by atoms with Gasteiger partial charge in [0.05, 0.1) is 19.0 Å². The summed E-state index contributed by atoms with van der Waals surface area (Å²) in [6.45, 7) is -0.715. The van der Waals surface area contributed by atoms with Crippen LogP contribution in [0.1, 0.15) is 11.3 Å².